The highest BCUT2D eigenvalue weighted by molar-refractivity contribution is 5.85. The Hall–Kier alpha value is -4.07. The summed E-state index contributed by atoms with van der Waals surface area (Å²) >= 11 is 0. The van der Waals surface area contributed by atoms with Gasteiger partial charge in [0, 0.05) is 17.7 Å². The number of nitrogens with one attached hydrogen (secondary N) is 1. The van der Waals surface area contributed by atoms with E-state index in [1.54, 1.807) is 24.3 Å². The molecule has 3 aromatic rings. The standard InChI is InChI=1S/C19H15N5O3/c25-19-11-8-17(23-22-15-4-2-1-3-5-15)12-14(19)13-20-21-16-6-9-18(10-7-16)24(26)27/h1-13,21,25H/b20-13+,23-22?. The van der Waals surface area contributed by atoms with Crippen molar-refractivity contribution in [1.82, 2.24) is 0 Å². The van der Waals surface area contributed by atoms with E-state index < -0.39 is 4.92 Å². The zero-order valence-electron chi connectivity index (χ0n) is 14.1. The molecular formula is C19H15N5O3. The molecule has 0 aliphatic heterocycles. The van der Waals surface area contributed by atoms with Crippen LogP contribution < -0.4 is 5.43 Å². The molecule has 0 aromatic heterocycles. The third-order valence-electron chi connectivity index (χ3n) is 3.52. The van der Waals surface area contributed by atoms with Gasteiger partial charge in [0.15, 0.2) is 0 Å². The van der Waals surface area contributed by atoms with Crippen molar-refractivity contribution in [1.29, 1.82) is 0 Å². The van der Waals surface area contributed by atoms with Crippen LogP contribution in [0.3, 0.4) is 0 Å². The number of hydrazone groups is 1. The lowest BCUT2D eigenvalue weighted by Gasteiger charge is -2.02. The fourth-order valence-corrected chi connectivity index (χ4v) is 2.15. The van der Waals surface area contributed by atoms with Gasteiger partial charge in [-0.05, 0) is 42.5 Å². The van der Waals surface area contributed by atoms with Crippen molar-refractivity contribution in [3.05, 3.63) is 88.5 Å². The monoisotopic (exact) mass is 361 g/mol. The minimum absolute atomic E-state index is 0.00125. The molecule has 0 radical (unpaired) electrons. The van der Waals surface area contributed by atoms with Gasteiger partial charge in [-0.2, -0.15) is 15.3 Å². The average Bonchev–Trinajstić information content (AvgIpc) is 2.69. The van der Waals surface area contributed by atoms with E-state index in [-0.39, 0.29) is 11.4 Å². The second-order valence-electron chi connectivity index (χ2n) is 5.45. The third-order valence-corrected chi connectivity index (χ3v) is 3.52. The second kappa shape index (κ2) is 8.34. The molecule has 27 heavy (non-hydrogen) atoms. The number of nitro groups is 1. The van der Waals surface area contributed by atoms with Crippen LogP contribution in [-0.4, -0.2) is 16.2 Å². The van der Waals surface area contributed by atoms with Crippen molar-refractivity contribution in [3.8, 4) is 5.75 Å². The fraction of sp³-hybridized carbons (Fsp3) is 0. The van der Waals surface area contributed by atoms with Gasteiger partial charge in [0.05, 0.1) is 28.2 Å². The van der Waals surface area contributed by atoms with Gasteiger partial charge in [-0.25, -0.2) is 0 Å². The summed E-state index contributed by atoms with van der Waals surface area (Å²) in [6.07, 6.45) is 1.43. The topological polar surface area (TPSA) is 112 Å². The molecule has 0 saturated carbocycles. The van der Waals surface area contributed by atoms with Crippen LogP contribution in [0.4, 0.5) is 22.7 Å². The maximum Gasteiger partial charge on any atom is 0.269 e. The number of phenols is 1. The molecule has 0 heterocycles. The van der Waals surface area contributed by atoms with Crippen molar-refractivity contribution >= 4 is 29.0 Å². The van der Waals surface area contributed by atoms with E-state index in [1.165, 1.54) is 24.4 Å². The molecule has 0 fully saturated rings. The average molecular weight is 361 g/mol. The van der Waals surface area contributed by atoms with Crippen LogP contribution in [0.5, 0.6) is 5.75 Å². The Labute approximate surface area is 154 Å². The number of nitro benzene ring substituents is 1. The zero-order valence-corrected chi connectivity index (χ0v) is 14.1. The Morgan fingerprint density at radius 2 is 1.63 bits per heavy atom. The van der Waals surface area contributed by atoms with Crippen LogP contribution in [0.2, 0.25) is 0 Å². The molecule has 0 aliphatic rings. The number of hydrogen-bond acceptors (Lipinski definition) is 7. The van der Waals surface area contributed by atoms with Crippen LogP contribution in [0.15, 0.2) is 88.1 Å². The maximum atomic E-state index is 10.6. The van der Waals surface area contributed by atoms with Crippen LogP contribution in [0, 0.1) is 10.1 Å². The van der Waals surface area contributed by atoms with E-state index in [0.717, 1.165) is 5.69 Å². The van der Waals surface area contributed by atoms with Crippen LogP contribution in [0.1, 0.15) is 5.56 Å². The first-order valence-electron chi connectivity index (χ1n) is 7.95. The van der Waals surface area contributed by atoms with Crippen molar-refractivity contribution in [2.24, 2.45) is 15.3 Å². The van der Waals surface area contributed by atoms with Gasteiger partial charge in [-0.15, -0.1) is 0 Å². The molecule has 0 spiro atoms. The summed E-state index contributed by atoms with van der Waals surface area (Å²) < 4.78 is 0. The molecule has 0 unspecified atom stereocenters. The van der Waals surface area contributed by atoms with E-state index >= 15 is 0 Å². The predicted molar refractivity (Wildman–Crippen MR) is 103 cm³/mol. The number of azo groups is 1. The molecule has 0 bridgehead atoms. The first-order chi connectivity index (χ1) is 13.1. The molecule has 8 nitrogen and oxygen atoms in total. The Kier molecular flexibility index (Phi) is 5.48. The van der Waals surface area contributed by atoms with E-state index in [0.29, 0.717) is 16.9 Å². The molecule has 2 N–H and O–H groups in total. The number of aromatic hydroxyl groups is 1. The number of non-ortho nitro benzene ring substituents is 1. The largest absolute Gasteiger partial charge is 0.507 e. The fourth-order valence-electron chi connectivity index (χ4n) is 2.15. The van der Waals surface area contributed by atoms with Crippen LogP contribution >= 0.6 is 0 Å². The minimum Gasteiger partial charge on any atom is -0.507 e. The van der Waals surface area contributed by atoms with Crippen LogP contribution in [-0.2, 0) is 0 Å². The Bertz CT molecular complexity index is 986. The number of anilines is 1. The lowest BCUT2D eigenvalue weighted by Crippen LogP contribution is -1.92. The minimum atomic E-state index is -0.472. The number of nitrogens with zero attached hydrogens (tertiary/aromatic N) is 4. The maximum absolute atomic E-state index is 10.6. The number of phenolic OH excluding ortho intramolecular Hbond substituents is 1. The smallest absolute Gasteiger partial charge is 0.269 e. The summed E-state index contributed by atoms with van der Waals surface area (Å²) in [5.74, 6) is 0.0444. The van der Waals surface area contributed by atoms with Crippen molar-refractivity contribution in [2.45, 2.75) is 0 Å². The lowest BCUT2D eigenvalue weighted by molar-refractivity contribution is -0.384. The predicted octanol–water partition coefficient (Wildman–Crippen LogP) is 5.16. The van der Waals surface area contributed by atoms with Crippen molar-refractivity contribution in [2.75, 3.05) is 5.43 Å². The van der Waals surface area contributed by atoms with E-state index in [4.69, 9.17) is 0 Å². The van der Waals surface area contributed by atoms with Gasteiger partial charge in [0.2, 0.25) is 0 Å². The third kappa shape index (κ3) is 4.95. The quantitative estimate of drug-likeness (QED) is 0.273. The Morgan fingerprint density at radius 3 is 2.33 bits per heavy atom. The van der Waals surface area contributed by atoms with Gasteiger partial charge in [0.1, 0.15) is 5.75 Å². The lowest BCUT2D eigenvalue weighted by atomic mass is 10.2. The van der Waals surface area contributed by atoms with Crippen molar-refractivity contribution in [3.63, 3.8) is 0 Å². The summed E-state index contributed by atoms with van der Waals surface area (Å²) in [7, 11) is 0. The molecule has 3 aromatic carbocycles. The molecule has 0 atom stereocenters. The highest BCUT2D eigenvalue weighted by Crippen LogP contribution is 2.24. The normalized spacial score (nSPS) is 11.1. The van der Waals surface area contributed by atoms with E-state index in [2.05, 4.69) is 20.8 Å². The van der Waals surface area contributed by atoms with Crippen LogP contribution in [0.25, 0.3) is 0 Å². The molecule has 0 aliphatic carbocycles. The van der Waals surface area contributed by atoms with E-state index in [9.17, 15) is 15.2 Å². The van der Waals surface area contributed by atoms with Gasteiger partial charge < -0.3 is 5.11 Å². The first kappa shape index (κ1) is 17.7. The van der Waals surface area contributed by atoms with Crippen molar-refractivity contribution < 1.29 is 10.0 Å². The number of benzene rings is 3. The molecule has 3 rings (SSSR count). The zero-order chi connectivity index (χ0) is 19.1. The SMILES string of the molecule is O=[N+]([O-])c1ccc(N/N=C/c2cc(N=Nc3ccccc3)ccc2O)cc1. The first-order valence-corrected chi connectivity index (χ1v) is 7.95. The second-order valence-corrected chi connectivity index (χ2v) is 5.45. The van der Waals surface area contributed by atoms with Gasteiger partial charge in [0.25, 0.3) is 5.69 Å². The Morgan fingerprint density at radius 1 is 0.926 bits per heavy atom. The van der Waals surface area contributed by atoms with Gasteiger partial charge >= 0.3 is 0 Å². The molecule has 8 heteroatoms. The summed E-state index contributed by atoms with van der Waals surface area (Å²) in [5.41, 5.74) is 5.06. The van der Waals surface area contributed by atoms with Gasteiger partial charge in [-0.1, -0.05) is 18.2 Å². The summed E-state index contributed by atoms with van der Waals surface area (Å²) in [4.78, 5) is 10.2. The van der Waals surface area contributed by atoms with E-state index in [1.807, 2.05) is 30.3 Å². The molecule has 0 saturated heterocycles. The highest BCUT2D eigenvalue weighted by atomic mass is 16.6. The number of rotatable bonds is 6. The number of hydrogen-bond donors (Lipinski definition) is 2. The Balaban J connectivity index is 1.69. The summed E-state index contributed by atoms with van der Waals surface area (Å²) in [6, 6.07) is 19.9. The van der Waals surface area contributed by atoms with Gasteiger partial charge in [-0.3, -0.25) is 15.5 Å². The molecule has 0 amide bonds. The summed E-state index contributed by atoms with van der Waals surface area (Å²) in [5, 5.41) is 32.9. The highest BCUT2D eigenvalue weighted by Gasteiger charge is 2.03. The summed E-state index contributed by atoms with van der Waals surface area (Å²) in [6.45, 7) is 0. The molecule has 134 valence electrons. The molecular weight excluding hydrogens is 346 g/mol.